The summed E-state index contributed by atoms with van der Waals surface area (Å²) in [7, 11) is 3.17. The van der Waals surface area contributed by atoms with Crippen LogP contribution in [-0.2, 0) is 12.8 Å². The number of methoxy groups -OCH3 is 2. The van der Waals surface area contributed by atoms with Gasteiger partial charge >= 0.3 is 0 Å². The molecule has 0 spiro atoms. The van der Waals surface area contributed by atoms with Crippen LogP contribution in [0.15, 0.2) is 24.3 Å². The van der Waals surface area contributed by atoms with Crippen molar-refractivity contribution in [3.8, 4) is 11.5 Å². The average Bonchev–Trinajstić information content (AvgIpc) is 2.98. The predicted molar refractivity (Wildman–Crippen MR) is 95.2 cm³/mol. The summed E-state index contributed by atoms with van der Waals surface area (Å²) in [6.07, 6.45) is 3.05. The van der Waals surface area contributed by atoms with Crippen LogP contribution in [0.2, 0.25) is 0 Å². The number of benzene rings is 1. The van der Waals surface area contributed by atoms with Crippen molar-refractivity contribution in [2.75, 3.05) is 19.5 Å². The van der Waals surface area contributed by atoms with Gasteiger partial charge in [0, 0.05) is 10.9 Å². The summed E-state index contributed by atoms with van der Waals surface area (Å²) in [6, 6.07) is 7.34. The highest BCUT2D eigenvalue weighted by molar-refractivity contribution is 7.14. The van der Waals surface area contributed by atoms with E-state index in [1.54, 1.807) is 43.8 Å². The van der Waals surface area contributed by atoms with E-state index in [4.69, 9.17) is 9.47 Å². The molecule has 0 bridgehead atoms. The third kappa shape index (κ3) is 4.05. The molecule has 1 aromatic carbocycles. The quantitative estimate of drug-likeness (QED) is 0.809. The Kier molecular flexibility index (Phi) is 6.04. The van der Waals surface area contributed by atoms with Crippen molar-refractivity contribution in [1.82, 2.24) is 0 Å². The van der Waals surface area contributed by atoms with Gasteiger partial charge in [-0.25, -0.2) is 0 Å². The molecule has 0 fully saturated rings. The molecule has 0 aliphatic rings. The van der Waals surface area contributed by atoms with E-state index >= 15 is 0 Å². The summed E-state index contributed by atoms with van der Waals surface area (Å²) in [4.78, 5) is 14.6. The second-order valence-electron chi connectivity index (χ2n) is 5.18. The fraction of sp³-hybridized carbons (Fsp3) is 0.389. The van der Waals surface area contributed by atoms with Gasteiger partial charge in [-0.2, -0.15) is 0 Å². The monoisotopic (exact) mass is 333 g/mol. The Bertz CT molecular complexity index is 679. The summed E-state index contributed by atoms with van der Waals surface area (Å²) in [5.41, 5.74) is 1.87. The van der Waals surface area contributed by atoms with E-state index in [2.05, 4.69) is 19.2 Å². The van der Waals surface area contributed by atoms with Crippen LogP contribution in [0.5, 0.6) is 11.5 Å². The standard InChI is InChI=1S/C18H23NO3S/c1-5-7-16-12(6-2)10-17(23-16)18(20)19-14-11-13(21-3)8-9-15(14)22-4/h8-11H,5-7H2,1-4H3,(H,19,20). The first-order valence-electron chi connectivity index (χ1n) is 7.77. The number of carbonyl (C=O) groups is 1. The van der Waals surface area contributed by atoms with Crippen LogP contribution in [0.25, 0.3) is 0 Å². The molecule has 1 N–H and O–H groups in total. The highest BCUT2D eigenvalue weighted by Crippen LogP contribution is 2.31. The largest absolute Gasteiger partial charge is 0.497 e. The zero-order chi connectivity index (χ0) is 16.8. The molecule has 0 saturated heterocycles. The van der Waals surface area contributed by atoms with E-state index in [1.807, 2.05) is 6.07 Å². The van der Waals surface area contributed by atoms with Gasteiger partial charge in [0.25, 0.3) is 5.91 Å². The molecule has 0 aliphatic heterocycles. The smallest absolute Gasteiger partial charge is 0.265 e. The van der Waals surface area contributed by atoms with Gasteiger partial charge in [-0.15, -0.1) is 11.3 Å². The normalized spacial score (nSPS) is 10.4. The van der Waals surface area contributed by atoms with Crippen LogP contribution < -0.4 is 14.8 Å². The number of nitrogens with one attached hydrogen (secondary N) is 1. The zero-order valence-corrected chi connectivity index (χ0v) is 14.9. The summed E-state index contributed by atoms with van der Waals surface area (Å²) >= 11 is 1.58. The van der Waals surface area contributed by atoms with Crippen molar-refractivity contribution in [2.24, 2.45) is 0 Å². The van der Waals surface area contributed by atoms with Crippen LogP contribution in [0, 0.1) is 0 Å². The minimum Gasteiger partial charge on any atom is -0.497 e. The van der Waals surface area contributed by atoms with Gasteiger partial charge in [0.05, 0.1) is 24.8 Å². The SMILES string of the molecule is CCCc1sc(C(=O)Nc2cc(OC)ccc2OC)cc1CC. The van der Waals surface area contributed by atoms with Crippen molar-refractivity contribution >= 4 is 22.9 Å². The zero-order valence-electron chi connectivity index (χ0n) is 14.1. The number of ether oxygens (including phenoxy) is 2. The Labute approximate surface area is 141 Å². The summed E-state index contributed by atoms with van der Waals surface area (Å²) < 4.78 is 10.5. The Morgan fingerprint density at radius 2 is 1.96 bits per heavy atom. The van der Waals surface area contributed by atoms with Gasteiger partial charge in [-0.05, 0) is 36.6 Å². The van der Waals surface area contributed by atoms with E-state index in [-0.39, 0.29) is 5.91 Å². The van der Waals surface area contributed by atoms with Crippen molar-refractivity contribution < 1.29 is 14.3 Å². The van der Waals surface area contributed by atoms with Crippen molar-refractivity contribution in [3.63, 3.8) is 0 Å². The molecule has 23 heavy (non-hydrogen) atoms. The topological polar surface area (TPSA) is 47.6 Å². The molecule has 2 rings (SSSR count). The molecule has 0 atom stereocenters. The number of thiophene rings is 1. The first-order valence-corrected chi connectivity index (χ1v) is 8.59. The Hall–Kier alpha value is -2.01. The van der Waals surface area contributed by atoms with E-state index in [0.717, 1.165) is 24.1 Å². The summed E-state index contributed by atoms with van der Waals surface area (Å²) in [5, 5.41) is 2.93. The maximum absolute atomic E-state index is 12.6. The lowest BCUT2D eigenvalue weighted by Crippen LogP contribution is -2.11. The molecule has 0 radical (unpaired) electrons. The molecule has 1 amide bonds. The van der Waals surface area contributed by atoms with E-state index in [9.17, 15) is 4.79 Å². The van der Waals surface area contributed by atoms with E-state index in [0.29, 0.717) is 17.2 Å². The lowest BCUT2D eigenvalue weighted by atomic mass is 10.1. The molecule has 124 valence electrons. The fourth-order valence-corrected chi connectivity index (χ4v) is 3.66. The number of rotatable bonds is 7. The van der Waals surface area contributed by atoms with Crippen molar-refractivity contribution in [3.05, 3.63) is 39.6 Å². The fourth-order valence-electron chi connectivity index (χ4n) is 2.41. The number of carbonyl (C=O) groups excluding carboxylic acids is 1. The van der Waals surface area contributed by atoms with Gasteiger partial charge in [0.2, 0.25) is 0 Å². The molecule has 2 aromatic rings. The lowest BCUT2D eigenvalue weighted by Gasteiger charge is -2.11. The molecule has 1 heterocycles. The Morgan fingerprint density at radius 1 is 1.17 bits per heavy atom. The number of hydrogen-bond acceptors (Lipinski definition) is 4. The Balaban J connectivity index is 2.25. The summed E-state index contributed by atoms with van der Waals surface area (Å²) in [6.45, 7) is 4.27. The van der Waals surface area contributed by atoms with Gasteiger partial charge in [0.1, 0.15) is 11.5 Å². The first kappa shape index (κ1) is 17.3. The maximum atomic E-state index is 12.6. The predicted octanol–water partition coefficient (Wildman–Crippen LogP) is 4.53. The van der Waals surface area contributed by atoms with Crippen LogP contribution in [0.3, 0.4) is 0 Å². The molecule has 0 unspecified atom stereocenters. The van der Waals surface area contributed by atoms with Gasteiger partial charge < -0.3 is 14.8 Å². The van der Waals surface area contributed by atoms with Crippen LogP contribution in [0.4, 0.5) is 5.69 Å². The molecule has 0 aliphatic carbocycles. The molecular formula is C18H23NO3S. The number of hydrogen-bond donors (Lipinski definition) is 1. The number of amides is 1. The molecule has 0 saturated carbocycles. The highest BCUT2D eigenvalue weighted by atomic mass is 32.1. The van der Waals surface area contributed by atoms with Crippen molar-refractivity contribution in [2.45, 2.75) is 33.1 Å². The molecule has 1 aromatic heterocycles. The third-order valence-electron chi connectivity index (χ3n) is 3.63. The van der Waals surface area contributed by atoms with Crippen molar-refractivity contribution in [1.29, 1.82) is 0 Å². The van der Waals surface area contributed by atoms with E-state index in [1.165, 1.54) is 10.4 Å². The van der Waals surface area contributed by atoms with Gasteiger partial charge in [0.15, 0.2) is 0 Å². The first-order chi connectivity index (χ1) is 11.1. The molecule has 4 nitrogen and oxygen atoms in total. The molecule has 5 heteroatoms. The minimum absolute atomic E-state index is 0.112. The van der Waals surface area contributed by atoms with Gasteiger partial charge in [-0.3, -0.25) is 4.79 Å². The average molecular weight is 333 g/mol. The Morgan fingerprint density at radius 3 is 2.57 bits per heavy atom. The third-order valence-corrected chi connectivity index (χ3v) is 4.87. The second kappa shape index (κ2) is 8.02. The second-order valence-corrected chi connectivity index (χ2v) is 6.32. The number of anilines is 1. The number of aryl methyl sites for hydroxylation is 2. The molecular weight excluding hydrogens is 310 g/mol. The maximum Gasteiger partial charge on any atom is 0.265 e. The lowest BCUT2D eigenvalue weighted by molar-refractivity contribution is 0.103. The van der Waals surface area contributed by atoms with Crippen LogP contribution in [-0.4, -0.2) is 20.1 Å². The van der Waals surface area contributed by atoms with E-state index < -0.39 is 0 Å². The minimum atomic E-state index is -0.112. The van der Waals surface area contributed by atoms with Gasteiger partial charge in [-0.1, -0.05) is 20.3 Å². The van der Waals surface area contributed by atoms with Crippen LogP contribution in [0.1, 0.15) is 40.4 Å². The highest BCUT2D eigenvalue weighted by Gasteiger charge is 2.15. The van der Waals surface area contributed by atoms with Crippen LogP contribution >= 0.6 is 11.3 Å². The summed E-state index contributed by atoms with van der Waals surface area (Å²) in [5.74, 6) is 1.17.